The second kappa shape index (κ2) is 5.44. The van der Waals surface area contributed by atoms with E-state index in [1.54, 1.807) is 0 Å². The van der Waals surface area contributed by atoms with Gasteiger partial charge < -0.3 is 4.90 Å². The van der Waals surface area contributed by atoms with Crippen LogP contribution in [0.4, 0.5) is 5.69 Å². The van der Waals surface area contributed by atoms with E-state index in [2.05, 4.69) is 55.4 Å². The Bertz CT molecular complexity index is 728. The minimum absolute atomic E-state index is 1.02. The van der Waals surface area contributed by atoms with Crippen LogP contribution in [0.15, 0.2) is 60.7 Å². The minimum Gasteiger partial charge on any atom is -0.374 e. The van der Waals surface area contributed by atoms with Gasteiger partial charge in [-0.3, -0.25) is 4.68 Å². The van der Waals surface area contributed by atoms with Crippen LogP contribution >= 0.6 is 0 Å². The molecule has 1 heterocycles. The van der Waals surface area contributed by atoms with Gasteiger partial charge in [0.2, 0.25) is 0 Å². The highest BCUT2D eigenvalue weighted by atomic mass is 15.3. The van der Waals surface area contributed by atoms with E-state index in [9.17, 15) is 0 Å². The molecule has 3 rings (SSSR count). The van der Waals surface area contributed by atoms with E-state index >= 15 is 0 Å². The molecule has 0 N–H and O–H groups in total. The Hall–Kier alpha value is -2.55. The number of rotatable bonds is 3. The van der Waals surface area contributed by atoms with Crippen molar-refractivity contribution in [2.24, 2.45) is 7.05 Å². The van der Waals surface area contributed by atoms with Crippen LogP contribution in [0.2, 0.25) is 0 Å². The van der Waals surface area contributed by atoms with Crippen LogP contribution in [-0.4, -0.2) is 23.9 Å². The molecule has 3 aromatic rings. The lowest BCUT2D eigenvalue weighted by Crippen LogP contribution is -2.10. The van der Waals surface area contributed by atoms with Gasteiger partial charge in [0.05, 0.1) is 11.4 Å². The second-order valence-electron chi connectivity index (χ2n) is 5.30. The molecule has 0 spiro atoms. The number of nitrogens with zero attached hydrogens (tertiary/aromatic N) is 3. The zero-order chi connectivity index (χ0) is 14.8. The van der Waals surface area contributed by atoms with Crippen molar-refractivity contribution < 1.29 is 0 Å². The topological polar surface area (TPSA) is 21.1 Å². The first kappa shape index (κ1) is 13.4. The van der Waals surface area contributed by atoms with Gasteiger partial charge in [-0.25, -0.2) is 0 Å². The van der Waals surface area contributed by atoms with E-state index in [-0.39, 0.29) is 0 Å². The summed E-state index contributed by atoms with van der Waals surface area (Å²) in [4.78, 5) is 2.14. The predicted molar refractivity (Wildman–Crippen MR) is 88.4 cm³/mol. The molecule has 21 heavy (non-hydrogen) atoms. The molecule has 1 aromatic heterocycles. The monoisotopic (exact) mass is 277 g/mol. The summed E-state index contributed by atoms with van der Waals surface area (Å²) >= 11 is 0. The van der Waals surface area contributed by atoms with Gasteiger partial charge in [-0.15, -0.1) is 0 Å². The van der Waals surface area contributed by atoms with Crippen LogP contribution in [0.5, 0.6) is 0 Å². The Balaban J connectivity index is 2.25. The molecule has 0 fully saturated rings. The highest BCUT2D eigenvalue weighted by Crippen LogP contribution is 2.37. The van der Waals surface area contributed by atoms with E-state index in [0.29, 0.717) is 0 Å². The Kier molecular flexibility index (Phi) is 3.48. The molecule has 106 valence electrons. The summed E-state index contributed by atoms with van der Waals surface area (Å²) in [7, 11) is 6.13. The highest BCUT2D eigenvalue weighted by molar-refractivity contribution is 5.87. The number of anilines is 1. The number of aryl methyl sites for hydroxylation is 1. The van der Waals surface area contributed by atoms with E-state index in [4.69, 9.17) is 5.10 Å². The predicted octanol–water partition coefficient (Wildman–Crippen LogP) is 3.82. The number of hydrogen-bond donors (Lipinski definition) is 0. The van der Waals surface area contributed by atoms with Gasteiger partial charge in [-0.2, -0.15) is 5.10 Å². The normalized spacial score (nSPS) is 10.6. The molecule has 0 bridgehead atoms. The summed E-state index contributed by atoms with van der Waals surface area (Å²) in [5.41, 5.74) is 5.62. The van der Waals surface area contributed by atoms with Crippen molar-refractivity contribution in [2.75, 3.05) is 19.0 Å². The van der Waals surface area contributed by atoms with Gasteiger partial charge in [-0.05, 0) is 0 Å². The van der Waals surface area contributed by atoms with E-state index in [0.717, 1.165) is 22.6 Å². The van der Waals surface area contributed by atoms with Crippen molar-refractivity contribution in [3.8, 4) is 22.5 Å². The lowest BCUT2D eigenvalue weighted by atomic mass is 10.1. The first-order chi connectivity index (χ1) is 10.2. The summed E-state index contributed by atoms with van der Waals surface area (Å²) in [5, 5.41) is 4.75. The standard InChI is InChI=1S/C18H19N3/c1-20(2)18-16(14-10-6-4-7-11-14)19-21(3)17(18)15-12-8-5-9-13-15/h4-13H,1-3H3. The first-order valence-corrected chi connectivity index (χ1v) is 7.03. The highest BCUT2D eigenvalue weighted by Gasteiger charge is 2.20. The molecule has 0 radical (unpaired) electrons. The van der Waals surface area contributed by atoms with E-state index in [1.165, 1.54) is 5.56 Å². The van der Waals surface area contributed by atoms with Gasteiger partial charge in [0.25, 0.3) is 0 Å². The Morgan fingerprint density at radius 3 is 1.86 bits per heavy atom. The van der Waals surface area contributed by atoms with Crippen molar-refractivity contribution in [3.63, 3.8) is 0 Å². The molecule has 0 aliphatic carbocycles. The number of benzene rings is 2. The van der Waals surface area contributed by atoms with Crippen LogP contribution in [0.1, 0.15) is 0 Å². The summed E-state index contributed by atoms with van der Waals surface area (Å²) in [6.07, 6.45) is 0. The average molecular weight is 277 g/mol. The summed E-state index contributed by atoms with van der Waals surface area (Å²) in [6.45, 7) is 0. The second-order valence-corrected chi connectivity index (χ2v) is 5.30. The summed E-state index contributed by atoms with van der Waals surface area (Å²) in [6, 6.07) is 20.7. The zero-order valence-electron chi connectivity index (χ0n) is 12.6. The van der Waals surface area contributed by atoms with Gasteiger partial charge in [0.15, 0.2) is 0 Å². The van der Waals surface area contributed by atoms with Crippen LogP contribution in [-0.2, 0) is 7.05 Å². The number of hydrogen-bond acceptors (Lipinski definition) is 2. The molecule has 0 amide bonds. The van der Waals surface area contributed by atoms with Gasteiger partial charge in [0, 0.05) is 32.3 Å². The fourth-order valence-electron chi connectivity index (χ4n) is 2.65. The zero-order valence-corrected chi connectivity index (χ0v) is 12.6. The van der Waals surface area contributed by atoms with E-state index in [1.807, 2.05) is 36.0 Å². The fourth-order valence-corrected chi connectivity index (χ4v) is 2.65. The number of aromatic nitrogens is 2. The van der Waals surface area contributed by atoms with Crippen LogP contribution in [0, 0.1) is 0 Å². The minimum atomic E-state index is 1.02. The molecule has 0 unspecified atom stereocenters. The summed E-state index contributed by atoms with van der Waals surface area (Å²) in [5.74, 6) is 0. The molecule has 0 aliphatic rings. The van der Waals surface area contributed by atoms with Crippen molar-refractivity contribution >= 4 is 5.69 Å². The van der Waals surface area contributed by atoms with Crippen molar-refractivity contribution in [1.82, 2.24) is 9.78 Å². The van der Waals surface area contributed by atoms with Crippen molar-refractivity contribution in [1.29, 1.82) is 0 Å². The third-order valence-corrected chi connectivity index (χ3v) is 3.56. The Morgan fingerprint density at radius 1 is 0.810 bits per heavy atom. The quantitative estimate of drug-likeness (QED) is 0.725. The molecule has 0 atom stereocenters. The lowest BCUT2D eigenvalue weighted by molar-refractivity contribution is 0.779. The largest absolute Gasteiger partial charge is 0.374 e. The van der Waals surface area contributed by atoms with Crippen LogP contribution in [0.25, 0.3) is 22.5 Å². The molecule has 3 heteroatoms. The SMILES string of the molecule is CN(C)c1c(-c2ccccc2)nn(C)c1-c1ccccc1. The van der Waals surface area contributed by atoms with Crippen molar-refractivity contribution in [3.05, 3.63) is 60.7 Å². The molecular weight excluding hydrogens is 258 g/mol. The summed E-state index contributed by atoms with van der Waals surface area (Å²) < 4.78 is 1.97. The molecule has 2 aromatic carbocycles. The Labute approximate surface area is 125 Å². The van der Waals surface area contributed by atoms with Crippen molar-refractivity contribution in [2.45, 2.75) is 0 Å². The van der Waals surface area contributed by atoms with Crippen LogP contribution < -0.4 is 4.90 Å². The molecule has 0 saturated carbocycles. The molecule has 0 aliphatic heterocycles. The van der Waals surface area contributed by atoms with Crippen LogP contribution in [0.3, 0.4) is 0 Å². The van der Waals surface area contributed by atoms with E-state index < -0.39 is 0 Å². The third kappa shape index (κ3) is 2.42. The van der Waals surface area contributed by atoms with Gasteiger partial charge >= 0.3 is 0 Å². The molecule has 3 nitrogen and oxygen atoms in total. The molecule has 0 saturated heterocycles. The maximum Gasteiger partial charge on any atom is 0.116 e. The van der Waals surface area contributed by atoms with Gasteiger partial charge in [-0.1, -0.05) is 60.7 Å². The third-order valence-electron chi connectivity index (χ3n) is 3.56. The molecular formula is C18H19N3. The maximum absolute atomic E-state index is 4.75. The smallest absolute Gasteiger partial charge is 0.116 e. The maximum atomic E-state index is 4.75. The lowest BCUT2D eigenvalue weighted by Gasteiger charge is -2.16. The van der Waals surface area contributed by atoms with Gasteiger partial charge in [0.1, 0.15) is 5.69 Å². The first-order valence-electron chi connectivity index (χ1n) is 7.03. The fraction of sp³-hybridized carbons (Fsp3) is 0.167. The average Bonchev–Trinajstić information content (AvgIpc) is 2.87. The Morgan fingerprint density at radius 2 is 1.33 bits per heavy atom.